The predicted molar refractivity (Wildman–Crippen MR) is 82.7 cm³/mol. The average molecular weight is 281 g/mol. The first-order valence-corrected chi connectivity index (χ1v) is 8.10. The maximum absolute atomic E-state index is 12.7. The number of likely N-dealkylation sites (N-methyl/N-ethyl adjacent to an activating group) is 1. The molecule has 2 rings (SSSR count). The van der Waals surface area contributed by atoms with Gasteiger partial charge in [-0.25, -0.2) is 0 Å². The van der Waals surface area contributed by atoms with Crippen molar-refractivity contribution in [3.05, 3.63) is 0 Å². The lowest BCUT2D eigenvalue weighted by atomic mass is 9.95. The van der Waals surface area contributed by atoms with Gasteiger partial charge in [-0.3, -0.25) is 9.69 Å². The minimum Gasteiger partial charge on any atom is -0.344 e. The molecule has 0 aliphatic carbocycles. The van der Waals surface area contributed by atoms with Gasteiger partial charge in [0.1, 0.15) is 0 Å². The molecular weight excluding hydrogens is 250 g/mol. The molecule has 1 amide bonds. The van der Waals surface area contributed by atoms with Crippen LogP contribution in [0.15, 0.2) is 0 Å². The van der Waals surface area contributed by atoms with Crippen LogP contribution in [0.4, 0.5) is 0 Å². The molecule has 2 heterocycles. The van der Waals surface area contributed by atoms with Crippen LogP contribution >= 0.6 is 0 Å². The molecule has 0 aromatic carbocycles. The van der Waals surface area contributed by atoms with Gasteiger partial charge in [-0.1, -0.05) is 20.8 Å². The fraction of sp³-hybridized carbons (Fsp3) is 0.938. The molecule has 1 unspecified atom stereocenters. The van der Waals surface area contributed by atoms with Gasteiger partial charge in [0.15, 0.2) is 0 Å². The lowest BCUT2D eigenvalue weighted by Crippen LogP contribution is -2.51. The lowest BCUT2D eigenvalue weighted by Gasteiger charge is -2.37. The minimum absolute atomic E-state index is 0.130. The number of likely N-dealkylation sites (tertiary alicyclic amines) is 1. The predicted octanol–water partition coefficient (Wildman–Crippen LogP) is 1.71. The van der Waals surface area contributed by atoms with Gasteiger partial charge in [0, 0.05) is 19.6 Å². The van der Waals surface area contributed by atoms with Crippen LogP contribution in [0.3, 0.4) is 0 Å². The summed E-state index contributed by atoms with van der Waals surface area (Å²) in [5.41, 5.74) is 0.169. The van der Waals surface area contributed by atoms with Gasteiger partial charge in [-0.2, -0.15) is 0 Å². The molecule has 2 aliphatic rings. The molecule has 0 saturated carbocycles. The number of nitrogens with one attached hydrogen (secondary N) is 1. The zero-order valence-corrected chi connectivity index (χ0v) is 13.6. The molecule has 20 heavy (non-hydrogen) atoms. The molecule has 2 aliphatic heterocycles. The van der Waals surface area contributed by atoms with Crippen LogP contribution in [0.25, 0.3) is 0 Å². The highest BCUT2D eigenvalue weighted by Gasteiger charge is 2.37. The van der Waals surface area contributed by atoms with Gasteiger partial charge in [-0.15, -0.1) is 0 Å². The quantitative estimate of drug-likeness (QED) is 0.855. The lowest BCUT2D eigenvalue weighted by molar-refractivity contribution is -0.136. The fourth-order valence-corrected chi connectivity index (χ4v) is 3.67. The van der Waals surface area contributed by atoms with Crippen molar-refractivity contribution in [1.82, 2.24) is 15.1 Å². The Kier molecular flexibility index (Phi) is 5.08. The number of hydrogen-bond acceptors (Lipinski definition) is 3. The number of piperidine rings is 1. The highest BCUT2D eigenvalue weighted by atomic mass is 16.2. The molecule has 0 radical (unpaired) electrons. The zero-order valence-electron chi connectivity index (χ0n) is 13.6. The number of amides is 1. The summed E-state index contributed by atoms with van der Waals surface area (Å²) in [7, 11) is 1.96. The highest BCUT2D eigenvalue weighted by molar-refractivity contribution is 5.82. The first-order chi connectivity index (χ1) is 9.38. The Morgan fingerprint density at radius 3 is 2.50 bits per heavy atom. The van der Waals surface area contributed by atoms with Crippen molar-refractivity contribution >= 4 is 5.91 Å². The van der Waals surface area contributed by atoms with Crippen LogP contribution in [0.1, 0.15) is 46.5 Å². The number of carbonyl (C=O) groups excluding carboxylic acids is 1. The van der Waals surface area contributed by atoms with Gasteiger partial charge in [0.2, 0.25) is 5.91 Å². The van der Waals surface area contributed by atoms with E-state index in [1.807, 2.05) is 11.9 Å². The molecule has 2 saturated heterocycles. The Labute approximate surface area is 123 Å². The Morgan fingerprint density at radius 2 is 1.90 bits per heavy atom. The summed E-state index contributed by atoms with van der Waals surface area (Å²) in [5, 5.41) is 3.41. The Hall–Kier alpha value is -0.610. The standard InChI is InChI=1S/C16H31N3O/c1-16(2,3)12-18(4)15(20)14-6-5-11-19(14)13-7-9-17-10-8-13/h13-14,17H,5-12H2,1-4H3. The summed E-state index contributed by atoms with van der Waals surface area (Å²) in [6, 6.07) is 0.737. The second-order valence-electron chi connectivity index (χ2n) is 7.63. The molecule has 4 nitrogen and oxygen atoms in total. The van der Waals surface area contributed by atoms with Gasteiger partial charge in [0.05, 0.1) is 6.04 Å². The van der Waals surface area contributed by atoms with Crippen LogP contribution in [-0.2, 0) is 4.79 Å². The van der Waals surface area contributed by atoms with E-state index in [1.165, 1.54) is 19.3 Å². The maximum Gasteiger partial charge on any atom is 0.239 e. The van der Waals surface area contributed by atoms with Crippen molar-refractivity contribution in [3.8, 4) is 0 Å². The normalized spacial score (nSPS) is 25.9. The molecule has 0 aromatic heterocycles. The van der Waals surface area contributed by atoms with Crippen molar-refractivity contribution < 1.29 is 4.79 Å². The monoisotopic (exact) mass is 281 g/mol. The maximum atomic E-state index is 12.7. The summed E-state index contributed by atoms with van der Waals surface area (Å²) in [4.78, 5) is 17.2. The Bertz CT molecular complexity index is 331. The van der Waals surface area contributed by atoms with Gasteiger partial charge >= 0.3 is 0 Å². The van der Waals surface area contributed by atoms with Gasteiger partial charge in [-0.05, 0) is 50.7 Å². The van der Waals surface area contributed by atoms with Crippen molar-refractivity contribution in [1.29, 1.82) is 0 Å². The molecule has 0 aromatic rings. The zero-order chi connectivity index (χ0) is 14.8. The SMILES string of the molecule is CN(CC(C)(C)C)C(=O)C1CCCN1C1CCNCC1. The minimum atomic E-state index is 0.130. The summed E-state index contributed by atoms with van der Waals surface area (Å²) >= 11 is 0. The van der Waals surface area contributed by atoms with Crippen molar-refractivity contribution in [2.75, 3.05) is 33.2 Å². The van der Waals surface area contributed by atoms with E-state index >= 15 is 0 Å². The number of carbonyl (C=O) groups is 1. The smallest absolute Gasteiger partial charge is 0.239 e. The number of hydrogen-bond donors (Lipinski definition) is 1. The van der Waals surface area contributed by atoms with E-state index in [9.17, 15) is 4.79 Å². The second kappa shape index (κ2) is 6.44. The molecule has 0 spiro atoms. The van der Waals surface area contributed by atoms with E-state index in [1.54, 1.807) is 0 Å². The fourth-order valence-electron chi connectivity index (χ4n) is 3.67. The van der Waals surface area contributed by atoms with E-state index in [0.717, 1.165) is 32.6 Å². The molecule has 1 N–H and O–H groups in total. The molecule has 1 atom stereocenters. The molecule has 4 heteroatoms. The number of rotatable bonds is 3. The second-order valence-corrected chi connectivity index (χ2v) is 7.63. The highest BCUT2D eigenvalue weighted by Crippen LogP contribution is 2.26. The van der Waals surface area contributed by atoms with Crippen LogP contribution < -0.4 is 5.32 Å². The summed E-state index contributed by atoms with van der Waals surface area (Å²) in [6.45, 7) is 10.7. The average Bonchev–Trinajstić information content (AvgIpc) is 2.86. The van der Waals surface area contributed by atoms with E-state index in [-0.39, 0.29) is 11.5 Å². The summed E-state index contributed by atoms with van der Waals surface area (Å²) in [6.07, 6.45) is 4.58. The van der Waals surface area contributed by atoms with Crippen molar-refractivity contribution in [2.45, 2.75) is 58.5 Å². The van der Waals surface area contributed by atoms with Crippen molar-refractivity contribution in [2.24, 2.45) is 5.41 Å². The Balaban J connectivity index is 1.97. The third-order valence-electron chi connectivity index (χ3n) is 4.44. The molecular formula is C16H31N3O. The summed E-state index contributed by atoms with van der Waals surface area (Å²) in [5.74, 6) is 0.330. The van der Waals surface area contributed by atoms with E-state index in [4.69, 9.17) is 0 Å². The largest absolute Gasteiger partial charge is 0.344 e. The molecule has 0 bridgehead atoms. The first-order valence-electron chi connectivity index (χ1n) is 8.10. The third-order valence-corrected chi connectivity index (χ3v) is 4.44. The van der Waals surface area contributed by atoms with Gasteiger partial charge in [0.25, 0.3) is 0 Å². The van der Waals surface area contributed by atoms with Gasteiger partial charge < -0.3 is 10.2 Å². The van der Waals surface area contributed by atoms with Crippen LogP contribution in [0, 0.1) is 5.41 Å². The van der Waals surface area contributed by atoms with E-state index in [0.29, 0.717) is 11.9 Å². The van der Waals surface area contributed by atoms with Crippen LogP contribution in [0.5, 0.6) is 0 Å². The van der Waals surface area contributed by atoms with Crippen LogP contribution in [0.2, 0.25) is 0 Å². The van der Waals surface area contributed by atoms with E-state index in [2.05, 4.69) is 31.0 Å². The third kappa shape index (κ3) is 3.95. The number of nitrogens with zero attached hydrogens (tertiary/aromatic N) is 2. The van der Waals surface area contributed by atoms with Crippen molar-refractivity contribution in [3.63, 3.8) is 0 Å². The van der Waals surface area contributed by atoms with Crippen LogP contribution in [-0.4, -0.2) is 61.0 Å². The topological polar surface area (TPSA) is 35.6 Å². The first kappa shape index (κ1) is 15.8. The molecule has 2 fully saturated rings. The van der Waals surface area contributed by atoms with E-state index < -0.39 is 0 Å². The Morgan fingerprint density at radius 1 is 1.25 bits per heavy atom. The summed E-state index contributed by atoms with van der Waals surface area (Å²) < 4.78 is 0. The molecule has 116 valence electrons.